The van der Waals surface area contributed by atoms with E-state index in [0.29, 0.717) is 0 Å². The lowest BCUT2D eigenvalue weighted by molar-refractivity contribution is 0.191. The molecule has 0 bridgehead atoms. The molecule has 162 valence electrons. The van der Waals surface area contributed by atoms with Crippen molar-refractivity contribution in [3.63, 3.8) is 0 Å². The highest BCUT2D eigenvalue weighted by Crippen LogP contribution is 2.57. The number of phosphoric ester groups is 1. The van der Waals surface area contributed by atoms with Gasteiger partial charge in [0.15, 0.2) is 0 Å². The molecule has 0 rings (SSSR count). The Morgan fingerprint density at radius 2 is 1.32 bits per heavy atom. The monoisotopic (exact) mass is 436 g/mol. The van der Waals surface area contributed by atoms with Crippen LogP contribution in [-0.2, 0) is 18.0 Å². The first-order valence-electron chi connectivity index (χ1n) is 9.25. The summed E-state index contributed by atoms with van der Waals surface area (Å²) < 4.78 is 29.8. The summed E-state index contributed by atoms with van der Waals surface area (Å²) >= 11 is 0. The minimum absolute atomic E-state index is 0.271. The molecular formula is C19H34O7P2. The van der Waals surface area contributed by atoms with Gasteiger partial charge in [-0.15, -0.1) is 0 Å². The lowest BCUT2D eigenvalue weighted by Gasteiger charge is -2.10. The first kappa shape index (κ1) is 27.2. The Kier molecular flexibility index (Phi) is 13.8. The zero-order valence-corrected chi connectivity index (χ0v) is 19.0. The van der Waals surface area contributed by atoms with Gasteiger partial charge in [0, 0.05) is 0 Å². The van der Waals surface area contributed by atoms with Crippen LogP contribution in [0.5, 0.6) is 0 Å². The molecule has 0 aromatic heterocycles. The average molecular weight is 436 g/mol. The van der Waals surface area contributed by atoms with E-state index in [-0.39, 0.29) is 6.61 Å². The third-order valence-electron chi connectivity index (χ3n) is 3.66. The van der Waals surface area contributed by atoms with Gasteiger partial charge in [-0.25, -0.2) is 9.13 Å². The van der Waals surface area contributed by atoms with E-state index in [1.165, 1.54) is 22.8 Å². The van der Waals surface area contributed by atoms with E-state index >= 15 is 0 Å². The van der Waals surface area contributed by atoms with Crippen LogP contribution in [0, 0.1) is 0 Å². The normalized spacial score (nSPS) is 15.7. The Morgan fingerprint density at radius 3 is 1.86 bits per heavy atom. The van der Waals surface area contributed by atoms with Crippen LogP contribution in [0.1, 0.15) is 66.2 Å². The van der Waals surface area contributed by atoms with E-state index in [2.05, 4.69) is 54.8 Å². The summed E-state index contributed by atoms with van der Waals surface area (Å²) in [7, 11) is -9.82. The Bertz CT molecular complexity index is 668. The largest absolute Gasteiger partial charge is 0.481 e. The predicted molar refractivity (Wildman–Crippen MR) is 113 cm³/mol. The standard InChI is InChI=1S/C19H34O7P2/c1-17(2)11-9-13-19(4)15-10-14-18(3)12-7-5-6-8-16-25-28(23,24)26-27(20,21)22/h6,8,11-12,15H,5,7,9-10,13-14,16H2,1-4H3,(H,23,24)(H2,20,21,22)/b8-6-,18-12+,19-15+. The van der Waals surface area contributed by atoms with Crippen molar-refractivity contribution in [1.82, 2.24) is 0 Å². The van der Waals surface area contributed by atoms with Gasteiger partial charge in [-0.2, -0.15) is 4.31 Å². The van der Waals surface area contributed by atoms with E-state index in [0.717, 1.165) is 38.5 Å². The van der Waals surface area contributed by atoms with Gasteiger partial charge < -0.3 is 14.7 Å². The third-order valence-corrected chi connectivity index (χ3v) is 5.81. The third kappa shape index (κ3) is 18.6. The molecule has 0 aromatic rings. The molecule has 7 nitrogen and oxygen atoms in total. The van der Waals surface area contributed by atoms with Gasteiger partial charge in [0.1, 0.15) is 0 Å². The zero-order chi connectivity index (χ0) is 21.6. The highest BCUT2D eigenvalue weighted by molar-refractivity contribution is 7.60. The second-order valence-corrected chi connectivity index (χ2v) is 9.67. The Labute approximate surface area is 168 Å². The van der Waals surface area contributed by atoms with E-state index in [4.69, 9.17) is 14.7 Å². The van der Waals surface area contributed by atoms with Crippen molar-refractivity contribution in [2.75, 3.05) is 6.61 Å². The van der Waals surface area contributed by atoms with Crippen molar-refractivity contribution in [1.29, 1.82) is 0 Å². The molecule has 9 heteroatoms. The summed E-state index contributed by atoms with van der Waals surface area (Å²) in [6.45, 7) is 8.22. The molecule has 0 saturated carbocycles. The van der Waals surface area contributed by atoms with Crippen LogP contribution in [0.4, 0.5) is 0 Å². The van der Waals surface area contributed by atoms with Crippen molar-refractivity contribution >= 4 is 15.6 Å². The van der Waals surface area contributed by atoms with Crippen LogP contribution in [0.15, 0.2) is 47.1 Å². The first-order chi connectivity index (χ1) is 12.9. The maximum absolute atomic E-state index is 11.2. The van der Waals surface area contributed by atoms with Crippen LogP contribution in [0.2, 0.25) is 0 Å². The van der Waals surface area contributed by atoms with Gasteiger partial charge in [-0.1, -0.05) is 47.1 Å². The molecule has 1 atom stereocenters. The highest BCUT2D eigenvalue weighted by Gasteiger charge is 2.31. The fourth-order valence-corrected chi connectivity index (χ4v) is 3.78. The highest BCUT2D eigenvalue weighted by atomic mass is 31.3. The number of allylic oxidation sites excluding steroid dienone is 7. The molecule has 0 spiro atoms. The molecule has 0 heterocycles. The Morgan fingerprint density at radius 1 is 0.786 bits per heavy atom. The van der Waals surface area contributed by atoms with E-state index in [1.807, 2.05) is 0 Å². The molecule has 0 saturated heterocycles. The molecule has 0 radical (unpaired) electrons. The van der Waals surface area contributed by atoms with E-state index in [9.17, 15) is 9.13 Å². The summed E-state index contributed by atoms with van der Waals surface area (Å²) in [5.74, 6) is 0. The second kappa shape index (κ2) is 14.2. The topological polar surface area (TPSA) is 113 Å². The number of rotatable bonds is 14. The Balaban J connectivity index is 4.00. The summed E-state index contributed by atoms with van der Waals surface area (Å²) in [6, 6.07) is 0. The summed E-state index contributed by atoms with van der Waals surface area (Å²) in [4.78, 5) is 26.0. The number of unbranched alkanes of at least 4 members (excludes halogenated alkanes) is 1. The van der Waals surface area contributed by atoms with Crippen molar-refractivity contribution < 1.29 is 32.6 Å². The lowest BCUT2D eigenvalue weighted by Crippen LogP contribution is -1.93. The molecule has 28 heavy (non-hydrogen) atoms. The Hall–Kier alpha value is -0.780. The maximum atomic E-state index is 11.2. The SMILES string of the molecule is CC(C)=CCC/C(C)=C/CC/C(C)=C/CC/C=C\COP(=O)(O)OP(=O)(O)O. The fraction of sp³-hybridized carbons (Fsp3) is 0.579. The van der Waals surface area contributed by atoms with Gasteiger partial charge in [-0.3, -0.25) is 4.52 Å². The lowest BCUT2D eigenvalue weighted by atomic mass is 10.1. The minimum atomic E-state index is -5.07. The van der Waals surface area contributed by atoms with Crippen molar-refractivity contribution in [2.24, 2.45) is 0 Å². The van der Waals surface area contributed by atoms with Crippen LogP contribution in [0.3, 0.4) is 0 Å². The average Bonchev–Trinajstić information content (AvgIpc) is 2.51. The van der Waals surface area contributed by atoms with Gasteiger partial charge in [0.25, 0.3) is 0 Å². The second-order valence-electron chi connectivity index (χ2n) is 6.85. The van der Waals surface area contributed by atoms with E-state index < -0.39 is 15.6 Å². The van der Waals surface area contributed by atoms with Crippen molar-refractivity contribution in [2.45, 2.75) is 66.2 Å². The predicted octanol–water partition coefficient (Wildman–Crippen LogP) is 5.97. The summed E-state index contributed by atoms with van der Waals surface area (Å²) in [6.07, 6.45) is 15.8. The molecular weight excluding hydrogens is 402 g/mol. The molecule has 0 aliphatic rings. The van der Waals surface area contributed by atoms with Crippen molar-refractivity contribution in [3.05, 3.63) is 47.1 Å². The van der Waals surface area contributed by atoms with Gasteiger partial charge in [0.2, 0.25) is 0 Å². The molecule has 0 aliphatic carbocycles. The summed E-state index contributed by atoms with van der Waals surface area (Å²) in [5, 5.41) is 0. The van der Waals surface area contributed by atoms with Gasteiger partial charge in [-0.05, 0) is 66.2 Å². The van der Waals surface area contributed by atoms with Crippen LogP contribution < -0.4 is 0 Å². The molecule has 0 fully saturated rings. The maximum Gasteiger partial charge on any atom is 0.481 e. The molecule has 1 unspecified atom stereocenters. The van der Waals surface area contributed by atoms with E-state index in [1.54, 1.807) is 6.08 Å². The van der Waals surface area contributed by atoms with Crippen LogP contribution in [-0.4, -0.2) is 21.3 Å². The fourth-order valence-electron chi connectivity index (χ4n) is 2.25. The zero-order valence-electron chi connectivity index (χ0n) is 17.2. The molecule has 0 aromatic carbocycles. The quantitative estimate of drug-likeness (QED) is 0.175. The molecule has 0 aliphatic heterocycles. The van der Waals surface area contributed by atoms with Gasteiger partial charge in [0.05, 0.1) is 6.61 Å². The number of hydrogen-bond acceptors (Lipinski definition) is 4. The molecule has 0 amide bonds. The number of hydrogen-bond donors (Lipinski definition) is 3. The smallest absolute Gasteiger partial charge is 0.302 e. The minimum Gasteiger partial charge on any atom is -0.302 e. The first-order valence-corrected chi connectivity index (χ1v) is 12.3. The van der Waals surface area contributed by atoms with Gasteiger partial charge >= 0.3 is 15.6 Å². The summed E-state index contributed by atoms with van der Waals surface area (Å²) in [5.41, 5.74) is 4.08. The number of phosphoric acid groups is 2. The van der Waals surface area contributed by atoms with Crippen LogP contribution >= 0.6 is 15.6 Å². The van der Waals surface area contributed by atoms with Crippen LogP contribution in [0.25, 0.3) is 0 Å². The van der Waals surface area contributed by atoms with Crippen molar-refractivity contribution in [3.8, 4) is 0 Å². The molecule has 3 N–H and O–H groups in total.